The lowest BCUT2D eigenvalue weighted by atomic mass is 10.00. The first-order valence-corrected chi connectivity index (χ1v) is 9.22. The van der Waals surface area contributed by atoms with Gasteiger partial charge in [0.25, 0.3) is 11.8 Å². The zero-order valence-electron chi connectivity index (χ0n) is 15.3. The summed E-state index contributed by atoms with van der Waals surface area (Å²) in [6.07, 6.45) is 2.50. The number of fused-ring (bicyclic) bond motifs is 1. The lowest BCUT2D eigenvalue weighted by Crippen LogP contribution is -2.36. The van der Waals surface area contributed by atoms with Gasteiger partial charge in [0.2, 0.25) is 0 Å². The number of nitrogens with one attached hydrogen (secondary N) is 1. The number of nitrogens with zero attached hydrogens (tertiary/aromatic N) is 3. The third-order valence-electron chi connectivity index (χ3n) is 4.77. The van der Waals surface area contributed by atoms with Gasteiger partial charge >= 0.3 is 0 Å². The highest BCUT2D eigenvalue weighted by atomic mass is 16.2. The number of rotatable bonds is 4. The summed E-state index contributed by atoms with van der Waals surface area (Å²) in [5, 5.41) is 2.79. The summed E-state index contributed by atoms with van der Waals surface area (Å²) in [6, 6.07) is 18.6. The number of hydrogen-bond donors (Lipinski definition) is 1. The summed E-state index contributed by atoms with van der Waals surface area (Å²) in [7, 11) is 0. The summed E-state index contributed by atoms with van der Waals surface area (Å²) in [5.74, 6) is -0.488. The van der Waals surface area contributed by atoms with Gasteiger partial charge in [0.1, 0.15) is 11.4 Å². The average molecular weight is 372 g/mol. The Morgan fingerprint density at radius 1 is 0.929 bits per heavy atom. The molecule has 2 aromatic heterocycles. The van der Waals surface area contributed by atoms with E-state index in [4.69, 9.17) is 0 Å². The molecular weight excluding hydrogens is 352 g/mol. The van der Waals surface area contributed by atoms with E-state index in [1.807, 2.05) is 36.4 Å². The van der Waals surface area contributed by atoms with Crippen LogP contribution >= 0.6 is 0 Å². The maximum atomic E-state index is 12.9. The monoisotopic (exact) mass is 372 g/mol. The molecule has 6 nitrogen and oxygen atoms in total. The van der Waals surface area contributed by atoms with Crippen molar-refractivity contribution in [3.63, 3.8) is 0 Å². The Balaban J connectivity index is 1.44. The summed E-state index contributed by atoms with van der Waals surface area (Å²) in [5.41, 5.74) is 3.70. The molecule has 0 saturated carbocycles. The Hall–Kier alpha value is -3.54. The van der Waals surface area contributed by atoms with Gasteiger partial charge in [-0.25, -0.2) is 4.98 Å². The molecule has 28 heavy (non-hydrogen) atoms. The molecule has 4 rings (SSSR count). The number of amides is 2. The Labute approximate surface area is 163 Å². The van der Waals surface area contributed by atoms with E-state index in [9.17, 15) is 9.59 Å². The topological polar surface area (TPSA) is 75.2 Å². The standard InChI is InChI=1S/C22H20N4O2/c27-21(24-14-18-8-3-4-12-23-18)19-9-5-10-20(25-19)22(28)26-13-11-16-6-1-2-7-17(16)15-26/h1-10,12H,11,13-15H2,(H,24,27). The Bertz CT molecular complexity index is 1000. The number of aromatic nitrogens is 2. The van der Waals surface area contributed by atoms with Crippen molar-refractivity contribution in [2.75, 3.05) is 6.54 Å². The van der Waals surface area contributed by atoms with E-state index in [2.05, 4.69) is 21.4 Å². The fourth-order valence-electron chi connectivity index (χ4n) is 3.28. The second-order valence-corrected chi connectivity index (χ2v) is 6.66. The molecule has 0 aliphatic carbocycles. The highest BCUT2D eigenvalue weighted by molar-refractivity contribution is 5.96. The van der Waals surface area contributed by atoms with Crippen LogP contribution in [0.4, 0.5) is 0 Å². The van der Waals surface area contributed by atoms with E-state index in [0.29, 0.717) is 19.6 Å². The molecule has 6 heteroatoms. The number of carbonyl (C=O) groups is 2. The van der Waals surface area contributed by atoms with Gasteiger partial charge in [0, 0.05) is 19.3 Å². The summed E-state index contributed by atoms with van der Waals surface area (Å²) >= 11 is 0. The van der Waals surface area contributed by atoms with Crippen molar-refractivity contribution in [2.24, 2.45) is 0 Å². The molecule has 1 aliphatic heterocycles. The molecule has 2 amide bonds. The lowest BCUT2D eigenvalue weighted by molar-refractivity contribution is 0.0728. The van der Waals surface area contributed by atoms with Crippen molar-refractivity contribution in [1.29, 1.82) is 0 Å². The first-order valence-electron chi connectivity index (χ1n) is 9.22. The summed E-state index contributed by atoms with van der Waals surface area (Å²) < 4.78 is 0. The van der Waals surface area contributed by atoms with Gasteiger partial charge < -0.3 is 10.2 Å². The van der Waals surface area contributed by atoms with Crippen molar-refractivity contribution in [3.05, 3.63) is 95.1 Å². The predicted molar refractivity (Wildman–Crippen MR) is 105 cm³/mol. The van der Waals surface area contributed by atoms with Gasteiger partial charge in [-0.1, -0.05) is 36.4 Å². The molecular formula is C22H20N4O2. The fraction of sp³-hybridized carbons (Fsp3) is 0.182. The lowest BCUT2D eigenvalue weighted by Gasteiger charge is -2.28. The van der Waals surface area contributed by atoms with Gasteiger partial charge in [0.15, 0.2) is 0 Å². The quantitative estimate of drug-likeness (QED) is 0.764. The van der Waals surface area contributed by atoms with Gasteiger partial charge in [0.05, 0.1) is 12.2 Å². The first-order chi connectivity index (χ1) is 13.7. The van der Waals surface area contributed by atoms with Crippen LogP contribution in [0.25, 0.3) is 0 Å². The summed E-state index contributed by atoms with van der Waals surface area (Å²) in [6.45, 7) is 1.52. The van der Waals surface area contributed by atoms with Crippen molar-refractivity contribution in [1.82, 2.24) is 20.2 Å². The molecule has 0 fully saturated rings. The highest BCUT2D eigenvalue weighted by Crippen LogP contribution is 2.20. The molecule has 0 saturated heterocycles. The molecule has 1 aromatic carbocycles. The molecule has 3 heterocycles. The van der Waals surface area contributed by atoms with Gasteiger partial charge in [-0.2, -0.15) is 0 Å². The fourth-order valence-corrected chi connectivity index (χ4v) is 3.28. The molecule has 0 spiro atoms. The maximum Gasteiger partial charge on any atom is 0.272 e. The van der Waals surface area contributed by atoms with E-state index >= 15 is 0 Å². The van der Waals surface area contributed by atoms with E-state index < -0.39 is 0 Å². The van der Waals surface area contributed by atoms with Crippen LogP contribution in [0.1, 0.15) is 37.8 Å². The second kappa shape index (κ2) is 8.00. The molecule has 1 N–H and O–H groups in total. The average Bonchev–Trinajstić information content (AvgIpc) is 2.77. The molecule has 0 unspecified atom stereocenters. The smallest absolute Gasteiger partial charge is 0.272 e. The highest BCUT2D eigenvalue weighted by Gasteiger charge is 2.23. The van der Waals surface area contributed by atoms with Gasteiger partial charge in [-0.15, -0.1) is 0 Å². The number of hydrogen-bond acceptors (Lipinski definition) is 4. The van der Waals surface area contributed by atoms with Crippen molar-refractivity contribution < 1.29 is 9.59 Å². The SMILES string of the molecule is O=C(NCc1ccccn1)c1cccc(C(=O)N2CCc3ccccc3C2)n1. The molecule has 0 radical (unpaired) electrons. The van der Waals surface area contributed by atoms with Gasteiger partial charge in [-0.3, -0.25) is 14.6 Å². The Morgan fingerprint density at radius 2 is 1.71 bits per heavy atom. The molecule has 3 aromatic rings. The molecule has 0 atom stereocenters. The van der Waals surface area contributed by atoms with E-state index in [1.165, 1.54) is 5.56 Å². The Morgan fingerprint density at radius 3 is 2.54 bits per heavy atom. The second-order valence-electron chi connectivity index (χ2n) is 6.66. The minimum absolute atomic E-state index is 0.158. The maximum absolute atomic E-state index is 12.9. The van der Waals surface area contributed by atoms with Crippen molar-refractivity contribution >= 4 is 11.8 Å². The predicted octanol–water partition coefficient (Wildman–Crippen LogP) is 2.61. The summed E-state index contributed by atoms with van der Waals surface area (Å²) in [4.78, 5) is 35.5. The van der Waals surface area contributed by atoms with Crippen LogP contribution in [0, 0.1) is 0 Å². The number of pyridine rings is 2. The Kier molecular flexibility index (Phi) is 5.10. The third kappa shape index (κ3) is 3.91. The minimum atomic E-state index is -0.329. The largest absolute Gasteiger partial charge is 0.345 e. The zero-order valence-corrected chi connectivity index (χ0v) is 15.3. The van der Waals surface area contributed by atoms with Crippen LogP contribution < -0.4 is 5.32 Å². The van der Waals surface area contributed by atoms with Crippen molar-refractivity contribution in [3.8, 4) is 0 Å². The van der Waals surface area contributed by atoms with Crippen LogP contribution in [0.15, 0.2) is 66.9 Å². The van der Waals surface area contributed by atoms with E-state index in [0.717, 1.165) is 17.7 Å². The normalized spacial score (nSPS) is 12.9. The van der Waals surface area contributed by atoms with Crippen LogP contribution in [-0.2, 0) is 19.5 Å². The van der Waals surface area contributed by atoms with Crippen LogP contribution in [0.2, 0.25) is 0 Å². The van der Waals surface area contributed by atoms with Crippen LogP contribution in [0.3, 0.4) is 0 Å². The van der Waals surface area contributed by atoms with Crippen molar-refractivity contribution in [2.45, 2.75) is 19.5 Å². The van der Waals surface area contributed by atoms with E-state index in [1.54, 1.807) is 29.3 Å². The number of carbonyl (C=O) groups excluding carboxylic acids is 2. The third-order valence-corrected chi connectivity index (χ3v) is 4.77. The van der Waals surface area contributed by atoms with Gasteiger partial charge in [-0.05, 0) is 41.8 Å². The molecule has 1 aliphatic rings. The zero-order chi connectivity index (χ0) is 19.3. The van der Waals surface area contributed by atoms with E-state index in [-0.39, 0.29) is 23.2 Å². The van der Waals surface area contributed by atoms with Crippen LogP contribution in [-0.4, -0.2) is 33.2 Å². The molecule has 140 valence electrons. The number of benzene rings is 1. The first kappa shape index (κ1) is 17.9. The molecule has 0 bridgehead atoms. The minimum Gasteiger partial charge on any atom is -0.345 e. The van der Waals surface area contributed by atoms with Crippen LogP contribution in [0.5, 0.6) is 0 Å².